The number of nitrogens with one attached hydrogen (secondary N) is 1. The molecule has 2 aliphatic heterocycles. The maximum Gasteiger partial charge on any atom is 0.284 e. The number of thiophene rings is 1. The van der Waals surface area contributed by atoms with Gasteiger partial charge in [0.15, 0.2) is 5.69 Å². The molecule has 3 aromatic rings. The number of rotatable bonds is 5. The van der Waals surface area contributed by atoms with Gasteiger partial charge in [0, 0.05) is 18.1 Å². The van der Waals surface area contributed by atoms with Crippen molar-refractivity contribution in [1.29, 1.82) is 0 Å². The SMILES string of the molecule is CC1CCC(n2cc(NC(=O)c3csc4ccc(N5C[C@@H]6C[C@H]5CO6)nc34)c(C(F)F)n2)CC1. The van der Waals surface area contributed by atoms with Gasteiger partial charge in [-0.25, -0.2) is 13.8 Å². The van der Waals surface area contributed by atoms with Crippen LogP contribution in [0.5, 0.6) is 0 Å². The van der Waals surface area contributed by atoms with Crippen LogP contribution in [0, 0.1) is 5.92 Å². The van der Waals surface area contributed by atoms with Crippen molar-refractivity contribution in [3.05, 3.63) is 35.0 Å². The van der Waals surface area contributed by atoms with Gasteiger partial charge in [-0.05, 0) is 50.2 Å². The quantitative estimate of drug-likeness (QED) is 0.521. The topological polar surface area (TPSA) is 72.3 Å². The minimum atomic E-state index is -2.77. The van der Waals surface area contributed by atoms with Crippen LogP contribution in [0.2, 0.25) is 0 Å². The molecule has 5 heterocycles. The van der Waals surface area contributed by atoms with Crippen LogP contribution in [0.25, 0.3) is 10.2 Å². The zero-order valence-corrected chi connectivity index (χ0v) is 19.7. The van der Waals surface area contributed by atoms with Crippen molar-refractivity contribution in [2.24, 2.45) is 5.92 Å². The lowest BCUT2D eigenvalue weighted by molar-refractivity contribution is 0.0988. The van der Waals surface area contributed by atoms with E-state index in [0.717, 1.165) is 49.2 Å². The molecular formula is C24H27F2N5O2S. The number of aromatic nitrogens is 3. The van der Waals surface area contributed by atoms with Crippen LogP contribution in [-0.2, 0) is 4.74 Å². The van der Waals surface area contributed by atoms with E-state index in [2.05, 4.69) is 22.2 Å². The molecule has 7 nitrogen and oxygen atoms in total. The van der Waals surface area contributed by atoms with E-state index >= 15 is 0 Å². The van der Waals surface area contributed by atoms with E-state index in [9.17, 15) is 13.6 Å². The van der Waals surface area contributed by atoms with Gasteiger partial charge in [-0.15, -0.1) is 11.3 Å². The number of hydrogen-bond donors (Lipinski definition) is 1. The smallest absolute Gasteiger partial charge is 0.284 e. The predicted molar refractivity (Wildman–Crippen MR) is 127 cm³/mol. The van der Waals surface area contributed by atoms with Crippen LogP contribution in [0.15, 0.2) is 23.7 Å². The van der Waals surface area contributed by atoms with Gasteiger partial charge in [0.25, 0.3) is 12.3 Å². The molecule has 1 aliphatic carbocycles. The van der Waals surface area contributed by atoms with Crippen molar-refractivity contribution in [2.45, 2.75) is 63.6 Å². The van der Waals surface area contributed by atoms with E-state index in [-0.39, 0.29) is 23.5 Å². The molecule has 6 rings (SSSR count). The summed E-state index contributed by atoms with van der Waals surface area (Å²) < 4.78 is 35.7. The first-order chi connectivity index (χ1) is 16.5. The summed E-state index contributed by atoms with van der Waals surface area (Å²) in [6.07, 6.45) is 3.95. The number of ether oxygens (including phenoxy) is 1. The molecule has 34 heavy (non-hydrogen) atoms. The molecule has 1 saturated carbocycles. The van der Waals surface area contributed by atoms with Crippen molar-refractivity contribution in [2.75, 3.05) is 23.4 Å². The summed E-state index contributed by atoms with van der Waals surface area (Å²) in [6, 6.07) is 4.35. The van der Waals surface area contributed by atoms with Gasteiger partial charge in [-0.3, -0.25) is 9.48 Å². The lowest BCUT2D eigenvalue weighted by atomic mass is 9.87. The molecule has 3 aliphatic rings. The van der Waals surface area contributed by atoms with Crippen molar-refractivity contribution < 1.29 is 18.3 Å². The average molecular weight is 488 g/mol. The fourth-order valence-corrected chi connectivity index (χ4v) is 6.33. The van der Waals surface area contributed by atoms with Crippen molar-refractivity contribution in [3.8, 4) is 0 Å². The number of halogens is 2. The number of amides is 1. The Labute approximate surface area is 200 Å². The molecule has 0 unspecified atom stereocenters. The summed E-state index contributed by atoms with van der Waals surface area (Å²) in [7, 11) is 0. The third-order valence-corrected chi connectivity index (χ3v) is 8.35. The standard InChI is InChI=1S/C24H27F2N5O2S/c1-13-2-4-14(5-3-13)31-10-18(22(29-31)23(25)26)27-24(32)17-12-34-19-6-7-20(28-21(17)19)30-9-16-8-15(30)11-33-16/h6-7,10,12-16,23H,2-5,8-9,11H2,1H3,(H,27,32)/t13?,14?,15-,16-/m0/s1. The number of alkyl halides is 2. The first-order valence-corrected chi connectivity index (χ1v) is 12.8. The summed E-state index contributed by atoms with van der Waals surface area (Å²) in [4.78, 5) is 20.2. The summed E-state index contributed by atoms with van der Waals surface area (Å²) >= 11 is 1.42. The molecule has 180 valence electrons. The van der Waals surface area contributed by atoms with E-state index in [0.29, 0.717) is 29.6 Å². The second-order valence-corrected chi connectivity index (χ2v) is 10.7. The Hall–Kier alpha value is -2.59. The van der Waals surface area contributed by atoms with Crippen molar-refractivity contribution in [3.63, 3.8) is 0 Å². The van der Waals surface area contributed by atoms with Gasteiger partial charge in [0.1, 0.15) is 5.82 Å². The monoisotopic (exact) mass is 487 g/mol. The fraction of sp³-hybridized carbons (Fsp3) is 0.542. The van der Waals surface area contributed by atoms with Crippen LogP contribution in [0.4, 0.5) is 20.3 Å². The molecule has 2 bridgehead atoms. The average Bonchev–Trinajstić information content (AvgIpc) is 3.61. The minimum Gasteiger partial charge on any atom is -0.374 e. The molecule has 1 N–H and O–H groups in total. The third-order valence-electron chi connectivity index (χ3n) is 7.42. The number of anilines is 2. The second kappa shape index (κ2) is 8.57. The number of pyridine rings is 1. The zero-order chi connectivity index (χ0) is 23.4. The lowest BCUT2D eigenvalue weighted by Gasteiger charge is -2.27. The van der Waals surface area contributed by atoms with Crippen molar-refractivity contribution in [1.82, 2.24) is 14.8 Å². The molecule has 3 fully saturated rings. The number of hydrogen-bond acceptors (Lipinski definition) is 6. The Morgan fingerprint density at radius 1 is 1.24 bits per heavy atom. The summed E-state index contributed by atoms with van der Waals surface area (Å²) in [5, 5.41) is 8.61. The number of nitrogens with zero attached hydrogens (tertiary/aromatic N) is 4. The van der Waals surface area contributed by atoms with Gasteiger partial charge in [0.05, 0.1) is 46.3 Å². The van der Waals surface area contributed by atoms with Crippen LogP contribution < -0.4 is 10.2 Å². The molecule has 2 atom stereocenters. The Morgan fingerprint density at radius 3 is 2.76 bits per heavy atom. The van der Waals surface area contributed by atoms with Crippen LogP contribution in [0.3, 0.4) is 0 Å². The maximum atomic E-state index is 13.8. The fourth-order valence-electron chi connectivity index (χ4n) is 5.45. The normalized spacial score (nSPS) is 26.6. The number of morpholine rings is 1. The minimum absolute atomic E-state index is 0.0723. The van der Waals surface area contributed by atoms with E-state index < -0.39 is 12.3 Å². The lowest BCUT2D eigenvalue weighted by Crippen LogP contribution is -2.37. The van der Waals surface area contributed by atoms with E-state index in [1.54, 1.807) is 16.3 Å². The first-order valence-electron chi connectivity index (χ1n) is 11.9. The van der Waals surface area contributed by atoms with Crippen LogP contribution >= 0.6 is 11.3 Å². The Bertz CT molecular complexity index is 1220. The highest BCUT2D eigenvalue weighted by Crippen LogP contribution is 2.36. The summed E-state index contributed by atoms with van der Waals surface area (Å²) in [5.74, 6) is 1.03. The number of carbonyl (C=O) groups excluding carboxylic acids is 1. The van der Waals surface area contributed by atoms with Crippen molar-refractivity contribution >= 4 is 39.0 Å². The summed E-state index contributed by atoms with van der Waals surface area (Å²) in [6.45, 7) is 3.70. The van der Waals surface area contributed by atoms with Gasteiger partial charge < -0.3 is 15.0 Å². The highest BCUT2D eigenvalue weighted by Gasteiger charge is 2.39. The molecule has 0 aromatic carbocycles. The zero-order valence-electron chi connectivity index (χ0n) is 18.9. The summed E-state index contributed by atoms with van der Waals surface area (Å²) in [5.41, 5.74) is 0.675. The number of carbonyl (C=O) groups is 1. The first kappa shape index (κ1) is 21.9. The number of fused-ring (bicyclic) bond motifs is 3. The van der Waals surface area contributed by atoms with Crippen LogP contribution in [0.1, 0.15) is 67.5 Å². The molecule has 2 saturated heterocycles. The highest BCUT2D eigenvalue weighted by atomic mass is 32.1. The molecule has 10 heteroatoms. The Morgan fingerprint density at radius 2 is 2.06 bits per heavy atom. The van der Waals surface area contributed by atoms with Gasteiger partial charge in [-0.1, -0.05) is 6.92 Å². The van der Waals surface area contributed by atoms with Gasteiger partial charge in [0.2, 0.25) is 0 Å². The molecule has 3 aromatic heterocycles. The predicted octanol–water partition coefficient (Wildman–Crippen LogP) is 5.41. The van der Waals surface area contributed by atoms with Gasteiger partial charge >= 0.3 is 0 Å². The van der Waals surface area contributed by atoms with E-state index in [4.69, 9.17) is 9.72 Å². The maximum absolute atomic E-state index is 13.8. The second-order valence-electron chi connectivity index (χ2n) is 9.74. The highest BCUT2D eigenvalue weighted by molar-refractivity contribution is 7.17. The molecule has 0 radical (unpaired) electrons. The Kier molecular flexibility index (Phi) is 5.52. The third kappa shape index (κ3) is 3.86. The molecule has 0 spiro atoms. The molecule has 1 amide bonds. The van der Waals surface area contributed by atoms with E-state index in [1.807, 2.05) is 12.1 Å². The largest absolute Gasteiger partial charge is 0.374 e. The van der Waals surface area contributed by atoms with Gasteiger partial charge in [-0.2, -0.15) is 5.10 Å². The molecular weight excluding hydrogens is 460 g/mol. The van der Waals surface area contributed by atoms with Crippen LogP contribution in [-0.4, -0.2) is 46.0 Å². The Balaban J connectivity index is 1.26. The van der Waals surface area contributed by atoms with E-state index in [1.165, 1.54) is 11.3 Å².